The first-order valence-corrected chi connectivity index (χ1v) is 14.9. The Labute approximate surface area is 271 Å². The van der Waals surface area contributed by atoms with E-state index < -0.39 is 11.6 Å². The van der Waals surface area contributed by atoms with Crippen LogP contribution >= 0.6 is 0 Å². The molecule has 0 fully saturated rings. The van der Waals surface area contributed by atoms with Crippen LogP contribution in [0.2, 0.25) is 0 Å². The van der Waals surface area contributed by atoms with Crippen molar-refractivity contribution in [2.75, 3.05) is 5.73 Å². The molecule has 1 aromatic heterocycles. The van der Waals surface area contributed by atoms with Gasteiger partial charge in [0.2, 0.25) is 0 Å². The van der Waals surface area contributed by atoms with Crippen LogP contribution in [0.5, 0.6) is 0 Å². The number of anilines is 1. The highest BCUT2D eigenvalue weighted by Gasteiger charge is 2.16. The Morgan fingerprint density at radius 3 is 2.04 bits per heavy atom. The van der Waals surface area contributed by atoms with Crippen LogP contribution in [0.4, 0.5) is 20.2 Å². The van der Waals surface area contributed by atoms with Gasteiger partial charge < -0.3 is 5.73 Å². The second-order valence-corrected chi connectivity index (χ2v) is 10.9. The number of hydrogen-bond acceptors (Lipinski definition) is 4. The summed E-state index contributed by atoms with van der Waals surface area (Å²) in [5.74, 6) is -0.839. The number of halogens is 2. The third-order valence-electron chi connectivity index (χ3n) is 7.80. The molecule has 47 heavy (non-hydrogen) atoms. The first kappa shape index (κ1) is 29.3. The van der Waals surface area contributed by atoms with Crippen molar-refractivity contribution in [2.45, 2.75) is 0 Å². The maximum absolute atomic E-state index is 14.4. The van der Waals surface area contributed by atoms with Crippen LogP contribution in [0.25, 0.3) is 50.2 Å². The lowest BCUT2D eigenvalue weighted by molar-refractivity contribution is 0.627. The molecule has 0 atom stereocenters. The normalized spacial score (nSPS) is 11.3. The fourth-order valence-electron chi connectivity index (χ4n) is 5.42. The van der Waals surface area contributed by atoms with Crippen molar-refractivity contribution in [3.63, 3.8) is 0 Å². The van der Waals surface area contributed by atoms with Gasteiger partial charge in [0.25, 0.3) is 0 Å². The van der Waals surface area contributed by atoms with Gasteiger partial charge in [-0.1, -0.05) is 85.4 Å². The van der Waals surface area contributed by atoms with E-state index in [2.05, 4.69) is 18.7 Å². The smallest absolute Gasteiger partial charge is 0.123 e. The molecule has 7 aromatic rings. The van der Waals surface area contributed by atoms with Crippen LogP contribution in [0, 0.1) is 23.8 Å². The van der Waals surface area contributed by atoms with Crippen molar-refractivity contribution in [3.8, 4) is 33.6 Å². The number of fused-ring (bicyclic) bond motifs is 1. The van der Waals surface area contributed by atoms with Crippen LogP contribution in [-0.4, -0.2) is 15.7 Å². The number of aliphatic imine (C=N–C) groups is 1. The van der Waals surface area contributed by atoms with Crippen LogP contribution in [0.3, 0.4) is 0 Å². The third kappa shape index (κ3) is 6.11. The predicted octanol–water partition coefficient (Wildman–Crippen LogP) is 9.93. The van der Waals surface area contributed by atoms with Gasteiger partial charge in [0.1, 0.15) is 11.6 Å². The van der Waals surface area contributed by atoms with E-state index in [1.165, 1.54) is 24.3 Å². The highest BCUT2D eigenvalue weighted by atomic mass is 19.1. The molecule has 0 saturated heterocycles. The van der Waals surface area contributed by atoms with E-state index >= 15 is 0 Å². The first-order valence-electron chi connectivity index (χ1n) is 14.9. The monoisotopic (exact) mass is 612 g/mol. The Kier molecular flexibility index (Phi) is 7.79. The van der Waals surface area contributed by atoms with Crippen molar-refractivity contribution < 1.29 is 8.78 Å². The molecule has 7 rings (SSSR count). The SMILES string of the molecule is C=C(C(=Nc1cc(-c2ccc3nc(-c4ccccc4)c(-c4cc#ccc4)nc3c2)ccc1N)c1cccc(F)c1)c1cccc(F)c1. The summed E-state index contributed by atoms with van der Waals surface area (Å²) in [7, 11) is 0. The van der Waals surface area contributed by atoms with E-state index in [1.54, 1.807) is 30.3 Å². The van der Waals surface area contributed by atoms with Gasteiger partial charge in [-0.15, -0.1) is 0 Å². The van der Waals surface area contributed by atoms with Gasteiger partial charge in [-0.3, -0.25) is 0 Å². The summed E-state index contributed by atoms with van der Waals surface area (Å²) in [5, 5.41) is 0. The minimum absolute atomic E-state index is 0.373. The van der Waals surface area contributed by atoms with Gasteiger partial charge in [0, 0.05) is 22.3 Å². The van der Waals surface area contributed by atoms with E-state index in [0.717, 1.165) is 39.2 Å². The molecule has 0 aliphatic rings. The van der Waals surface area contributed by atoms with Crippen molar-refractivity contribution in [3.05, 3.63) is 175 Å². The van der Waals surface area contributed by atoms with E-state index in [-0.39, 0.29) is 0 Å². The molecule has 2 N–H and O–H groups in total. The molecule has 6 aromatic carbocycles. The number of allylic oxidation sites excluding steroid dienone is 1. The van der Waals surface area contributed by atoms with Gasteiger partial charge in [-0.2, -0.15) is 0 Å². The quantitative estimate of drug-likeness (QED) is 0.144. The van der Waals surface area contributed by atoms with Gasteiger partial charge >= 0.3 is 0 Å². The first-order chi connectivity index (χ1) is 22.9. The molecule has 6 heteroatoms. The highest BCUT2D eigenvalue weighted by molar-refractivity contribution is 6.32. The second kappa shape index (κ2) is 12.5. The lowest BCUT2D eigenvalue weighted by Crippen LogP contribution is -2.05. The molecule has 0 spiro atoms. The molecule has 0 saturated carbocycles. The van der Waals surface area contributed by atoms with Gasteiger partial charge in [0.15, 0.2) is 0 Å². The number of nitrogen functional groups attached to an aromatic ring is 1. The summed E-state index contributed by atoms with van der Waals surface area (Å²) >= 11 is 0. The number of rotatable bonds is 7. The van der Waals surface area contributed by atoms with Crippen molar-refractivity contribution in [1.29, 1.82) is 0 Å². The van der Waals surface area contributed by atoms with Gasteiger partial charge in [-0.05, 0) is 83.4 Å². The Balaban J connectivity index is 1.34. The Morgan fingerprint density at radius 2 is 1.30 bits per heavy atom. The molecule has 0 radical (unpaired) electrons. The molecular formula is C41H26F2N4. The molecule has 224 valence electrons. The largest absolute Gasteiger partial charge is 0.397 e. The summed E-state index contributed by atoms with van der Waals surface area (Å²) in [6.07, 6.45) is 0. The molecular weight excluding hydrogens is 586 g/mol. The molecule has 0 aliphatic carbocycles. The topological polar surface area (TPSA) is 64.2 Å². The Bertz CT molecular complexity index is 2300. The van der Waals surface area contributed by atoms with Crippen LogP contribution < -0.4 is 5.73 Å². The predicted molar refractivity (Wildman–Crippen MR) is 186 cm³/mol. The molecule has 4 nitrogen and oxygen atoms in total. The average Bonchev–Trinajstić information content (AvgIpc) is 3.11. The summed E-state index contributed by atoms with van der Waals surface area (Å²) in [6.45, 7) is 4.20. The number of benzene rings is 5. The maximum Gasteiger partial charge on any atom is 0.123 e. The zero-order valence-corrected chi connectivity index (χ0v) is 25.1. The molecule has 1 heterocycles. The molecule has 0 bridgehead atoms. The summed E-state index contributed by atoms with van der Waals surface area (Å²) in [6, 6.07) is 45.1. The minimum Gasteiger partial charge on any atom is -0.397 e. The van der Waals surface area contributed by atoms with Crippen molar-refractivity contribution in [1.82, 2.24) is 9.97 Å². The van der Waals surface area contributed by atoms with Crippen LogP contribution in [-0.2, 0) is 0 Å². The standard InChI is InChI=1S/C41H26F2N4/c1-26(29-14-8-16-33(42)22-29)39(32-15-9-17-34(43)23-32)46-37-24-30(18-20-35(37)44)31-19-21-36-38(25-31)47-41(28-12-6-3-7-13-28)40(45-36)27-10-4-2-5-11-27/h2,4-6,8-25H,1,44H2. The highest BCUT2D eigenvalue weighted by Crippen LogP contribution is 2.35. The van der Waals surface area contributed by atoms with E-state index in [0.29, 0.717) is 39.3 Å². The lowest BCUT2D eigenvalue weighted by atomic mass is 9.96. The maximum atomic E-state index is 14.4. The number of hydrogen-bond donors (Lipinski definition) is 1. The lowest BCUT2D eigenvalue weighted by Gasteiger charge is -2.14. The summed E-state index contributed by atoms with van der Waals surface area (Å²) < 4.78 is 28.5. The average molecular weight is 613 g/mol. The number of nitrogens with zero attached hydrogens (tertiary/aromatic N) is 3. The van der Waals surface area contributed by atoms with E-state index in [1.807, 2.05) is 78.9 Å². The Morgan fingerprint density at radius 1 is 0.617 bits per heavy atom. The van der Waals surface area contributed by atoms with Crippen molar-refractivity contribution >= 4 is 33.7 Å². The summed E-state index contributed by atoms with van der Waals surface area (Å²) in [4.78, 5) is 15.0. The fraction of sp³-hybridized carbons (Fsp3) is 0. The van der Waals surface area contributed by atoms with E-state index in [9.17, 15) is 8.78 Å². The van der Waals surface area contributed by atoms with Gasteiger partial charge in [0.05, 0.1) is 39.5 Å². The molecule has 0 amide bonds. The zero-order chi connectivity index (χ0) is 32.3. The molecule has 0 unspecified atom stereocenters. The van der Waals surface area contributed by atoms with Crippen LogP contribution in [0.1, 0.15) is 11.1 Å². The zero-order valence-electron chi connectivity index (χ0n) is 25.1. The minimum atomic E-state index is -0.428. The Hall–Kier alpha value is -6.45. The fourth-order valence-corrected chi connectivity index (χ4v) is 5.42. The number of nitrogens with two attached hydrogens (primary N) is 1. The molecule has 0 aliphatic heterocycles. The van der Waals surface area contributed by atoms with Crippen LogP contribution in [0.15, 0.2) is 145 Å². The number of aromatic nitrogens is 2. The van der Waals surface area contributed by atoms with Crippen molar-refractivity contribution in [2.24, 2.45) is 4.99 Å². The summed E-state index contributed by atoms with van der Waals surface area (Å²) in [5.41, 5.74) is 15.7. The van der Waals surface area contributed by atoms with E-state index in [4.69, 9.17) is 20.7 Å². The third-order valence-corrected chi connectivity index (χ3v) is 7.80. The van der Waals surface area contributed by atoms with Gasteiger partial charge in [-0.25, -0.2) is 23.7 Å². The second-order valence-electron chi connectivity index (χ2n) is 10.9.